The smallest absolute Gasteiger partial charge is 0.374 e. The Morgan fingerprint density at radius 2 is 2.02 bits per heavy atom. The molecule has 2 atom stereocenters. The second-order valence-corrected chi connectivity index (χ2v) is 10.6. The normalized spacial score (nSPS) is 18.8. The quantitative estimate of drug-likeness (QED) is 0.265. The summed E-state index contributed by atoms with van der Waals surface area (Å²) in [5.41, 5.74) is 4.02. The number of alkyl halides is 3. The van der Waals surface area contributed by atoms with E-state index in [9.17, 15) is 23.1 Å². The Bertz CT molecular complexity index is 1350. The molecule has 0 radical (unpaired) electrons. The zero-order chi connectivity index (χ0) is 28.8. The van der Waals surface area contributed by atoms with Crippen LogP contribution < -0.4 is 16.0 Å². The first kappa shape index (κ1) is 29.0. The molecule has 9 nitrogen and oxygen atoms in total. The molecular formula is C29H36F3N7O2. The number of carbonyl (C=O) groups is 1. The highest BCUT2D eigenvalue weighted by Crippen LogP contribution is 2.28. The Kier molecular flexibility index (Phi) is 9.21. The van der Waals surface area contributed by atoms with Crippen molar-refractivity contribution in [2.45, 2.75) is 63.4 Å². The third kappa shape index (κ3) is 7.84. The Morgan fingerprint density at radius 3 is 2.73 bits per heavy atom. The number of benzene rings is 1. The van der Waals surface area contributed by atoms with E-state index in [1.54, 1.807) is 10.7 Å². The van der Waals surface area contributed by atoms with Crippen LogP contribution in [0.2, 0.25) is 0 Å². The number of aromatic nitrogens is 3. The molecule has 220 valence electrons. The molecule has 4 N–H and O–H groups in total. The molecule has 0 aliphatic carbocycles. The highest BCUT2D eigenvalue weighted by molar-refractivity contribution is 5.81. The Balaban J connectivity index is 1.18. The molecule has 41 heavy (non-hydrogen) atoms. The molecule has 0 bridgehead atoms. The maximum absolute atomic E-state index is 12.5. The topological polar surface area (TPSA) is 107 Å². The van der Waals surface area contributed by atoms with Crippen LogP contribution in [0.15, 0.2) is 48.7 Å². The van der Waals surface area contributed by atoms with Crippen molar-refractivity contribution in [2.24, 2.45) is 0 Å². The number of aliphatic hydroxyl groups is 1. The molecule has 2 aromatic heterocycles. The monoisotopic (exact) mass is 571 g/mol. The van der Waals surface area contributed by atoms with Crippen LogP contribution in [0, 0.1) is 0 Å². The molecule has 2 unspecified atom stereocenters. The molecule has 4 heterocycles. The maximum Gasteiger partial charge on any atom is 0.389 e. The molecular weight excluding hydrogens is 535 g/mol. The Labute approximate surface area is 236 Å². The average molecular weight is 572 g/mol. The molecule has 1 aromatic carbocycles. The minimum Gasteiger partial charge on any atom is -0.374 e. The minimum atomic E-state index is -4.34. The highest BCUT2D eigenvalue weighted by Gasteiger charge is 2.29. The maximum atomic E-state index is 12.5. The number of piperidine rings is 1. The molecule has 12 heteroatoms. The highest BCUT2D eigenvalue weighted by atomic mass is 19.4. The van der Waals surface area contributed by atoms with Crippen LogP contribution in [0.4, 0.5) is 24.8 Å². The van der Waals surface area contributed by atoms with Crippen molar-refractivity contribution in [3.63, 3.8) is 0 Å². The zero-order valence-corrected chi connectivity index (χ0v) is 22.8. The van der Waals surface area contributed by atoms with Crippen molar-refractivity contribution in [3.05, 3.63) is 59.8 Å². The molecule has 1 amide bonds. The summed E-state index contributed by atoms with van der Waals surface area (Å²) in [5, 5.41) is 25.0. The second-order valence-electron chi connectivity index (χ2n) is 10.6. The number of pyridine rings is 1. The van der Waals surface area contributed by atoms with Gasteiger partial charge in [0.05, 0.1) is 6.42 Å². The number of anilines is 2. The van der Waals surface area contributed by atoms with Gasteiger partial charge in [0, 0.05) is 43.0 Å². The fraction of sp³-hybridized carbons (Fsp3) is 0.483. The number of carbonyl (C=O) groups excluding carboxylic acids is 1. The van der Waals surface area contributed by atoms with Crippen molar-refractivity contribution >= 4 is 28.8 Å². The van der Waals surface area contributed by atoms with Crippen LogP contribution in [0.25, 0.3) is 11.2 Å². The van der Waals surface area contributed by atoms with Crippen LogP contribution in [0.3, 0.4) is 0 Å². The van der Waals surface area contributed by atoms with Gasteiger partial charge in [0.2, 0.25) is 11.9 Å². The van der Waals surface area contributed by atoms with E-state index in [-0.39, 0.29) is 6.54 Å². The third-order valence-electron chi connectivity index (χ3n) is 7.62. The lowest BCUT2D eigenvalue weighted by Crippen LogP contribution is -2.36. The van der Waals surface area contributed by atoms with Crippen molar-refractivity contribution < 1.29 is 23.1 Å². The van der Waals surface area contributed by atoms with Crippen molar-refractivity contribution in [1.29, 1.82) is 0 Å². The molecule has 0 spiro atoms. The standard InChI is InChI=1S/C29H36F3N7O2/c30-29(31,32)14-10-25(40)38-18-12-20(13-19-38)24-5-3-17-39-26(24)36-28(37-39)35-23-8-6-21(7-9-23)27(41)34-16-11-22-4-1-2-15-33-22/h3,5-9,12,17,22,27,33-34,41H,1-2,4,10-11,13-16,18-19H2,(H,35,37). The number of nitrogens with zero attached hydrogens (tertiary/aromatic N) is 4. The third-order valence-corrected chi connectivity index (χ3v) is 7.62. The molecule has 1 saturated heterocycles. The summed E-state index contributed by atoms with van der Waals surface area (Å²) in [7, 11) is 0. The summed E-state index contributed by atoms with van der Waals surface area (Å²) in [6.07, 6.45) is 2.11. The van der Waals surface area contributed by atoms with Crippen LogP contribution in [-0.4, -0.2) is 68.9 Å². The van der Waals surface area contributed by atoms with Crippen molar-refractivity contribution in [2.75, 3.05) is 31.5 Å². The summed E-state index contributed by atoms with van der Waals surface area (Å²) in [4.78, 5) is 18.3. The van der Waals surface area contributed by atoms with Crippen LogP contribution >= 0.6 is 0 Å². The Hall–Kier alpha value is -3.48. The van der Waals surface area contributed by atoms with Gasteiger partial charge < -0.3 is 20.6 Å². The summed E-state index contributed by atoms with van der Waals surface area (Å²) >= 11 is 0. The minimum absolute atomic E-state index is 0.261. The van der Waals surface area contributed by atoms with Crippen LogP contribution in [-0.2, 0) is 4.79 Å². The average Bonchev–Trinajstić information content (AvgIpc) is 3.39. The van der Waals surface area contributed by atoms with Crippen LogP contribution in [0.1, 0.15) is 62.3 Å². The van der Waals surface area contributed by atoms with Gasteiger partial charge >= 0.3 is 6.18 Å². The predicted molar refractivity (Wildman–Crippen MR) is 150 cm³/mol. The van der Waals surface area contributed by atoms with Gasteiger partial charge in [-0.15, -0.1) is 5.10 Å². The van der Waals surface area contributed by atoms with Gasteiger partial charge in [-0.1, -0.05) is 24.6 Å². The fourth-order valence-corrected chi connectivity index (χ4v) is 5.32. The van der Waals surface area contributed by atoms with Gasteiger partial charge in [-0.3, -0.25) is 10.1 Å². The number of hydrogen-bond acceptors (Lipinski definition) is 7. The summed E-state index contributed by atoms with van der Waals surface area (Å²) in [5.74, 6) is -0.0833. The number of hydrogen-bond donors (Lipinski definition) is 4. The van der Waals surface area contributed by atoms with E-state index in [1.807, 2.05) is 42.5 Å². The fourth-order valence-electron chi connectivity index (χ4n) is 5.32. The van der Waals surface area contributed by atoms with E-state index in [2.05, 4.69) is 26.0 Å². The number of aliphatic hydroxyl groups excluding tert-OH is 1. The lowest BCUT2D eigenvalue weighted by Gasteiger charge is -2.27. The molecule has 1 fully saturated rings. The van der Waals surface area contributed by atoms with E-state index in [4.69, 9.17) is 0 Å². The lowest BCUT2D eigenvalue weighted by molar-refractivity contribution is -0.148. The molecule has 0 saturated carbocycles. The van der Waals surface area contributed by atoms with E-state index < -0.39 is 31.2 Å². The molecule has 3 aromatic rings. The largest absolute Gasteiger partial charge is 0.389 e. The summed E-state index contributed by atoms with van der Waals surface area (Å²) < 4.78 is 39.1. The Morgan fingerprint density at radius 1 is 1.20 bits per heavy atom. The van der Waals surface area contributed by atoms with Crippen molar-refractivity contribution in [3.8, 4) is 0 Å². The number of halogens is 3. The summed E-state index contributed by atoms with van der Waals surface area (Å²) in [6.45, 7) is 2.42. The SMILES string of the molecule is O=C(CCC(F)(F)F)N1CC=C(c2cccn3nc(Nc4ccc(C(O)NCCC5CCCCN5)cc4)nc23)CC1. The van der Waals surface area contributed by atoms with E-state index >= 15 is 0 Å². The van der Waals surface area contributed by atoms with Gasteiger partial charge in [-0.25, -0.2) is 4.52 Å². The van der Waals surface area contributed by atoms with E-state index in [1.165, 1.54) is 24.2 Å². The number of rotatable bonds is 10. The summed E-state index contributed by atoms with van der Waals surface area (Å²) in [6, 6.07) is 11.7. The first-order chi connectivity index (χ1) is 19.7. The van der Waals surface area contributed by atoms with Gasteiger partial charge in [0.25, 0.3) is 0 Å². The van der Waals surface area contributed by atoms with Gasteiger partial charge in [-0.2, -0.15) is 18.2 Å². The first-order valence-corrected chi connectivity index (χ1v) is 14.2. The number of amides is 1. The first-order valence-electron chi connectivity index (χ1n) is 14.2. The van der Waals surface area contributed by atoms with E-state index in [0.29, 0.717) is 30.6 Å². The lowest BCUT2D eigenvalue weighted by atomic mass is 10.00. The van der Waals surface area contributed by atoms with Gasteiger partial charge in [0.15, 0.2) is 5.65 Å². The predicted octanol–water partition coefficient (Wildman–Crippen LogP) is 4.54. The molecule has 5 rings (SSSR count). The van der Waals surface area contributed by atoms with Gasteiger partial charge in [0.1, 0.15) is 6.23 Å². The van der Waals surface area contributed by atoms with Crippen molar-refractivity contribution in [1.82, 2.24) is 30.1 Å². The molecule has 2 aliphatic heterocycles. The molecule has 2 aliphatic rings. The van der Waals surface area contributed by atoms with E-state index in [0.717, 1.165) is 41.9 Å². The second kappa shape index (κ2) is 13.0. The zero-order valence-electron chi connectivity index (χ0n) is 22.8. The number of fused-ring (bicyclic) bond motifs is 1. The van der Waals surface area contributed by atoms with Gasteiger partial charge in [-0.05, 0) is 74.2 Å². The van der Waals surface area contributed by atoms with Crippen LogP contribution in [0.5, 0.6) is 0 Å². The number of nitrogens with one attached hydrogen (secondary N) is 3.